The van der Waals surface area contributed by atoms with Gasteiger partial charge in [0.15, 0.2) is 0 Å². The van der Waals surface area contributed by atoms with E-state index in [0.717, 1.165) is 18.8 Å². The third-order valence-electron chi connectivity index (χ3n) is 4.49. The Morgan fingerprint density at radius 2 is 1.84 bits per heavy atom. The number of carbonyl (C=O) groups is 1. The molecule has 0 aliphatic heterocycles. The van der Waals surface area contributed by atoms with Crippen LogP contribution in [0.1, 0.15) is 65.7 Å². The van der Waals surface area contributed by atoms with Gasteiger partial charge in [-0.25, -0.2) is 0 Å². The smallest absolute Gasteiger partial charge is 0.237 e. The number of amides is 1. The minimum Gasteiger partial charge on any atom is -0.352 e. The summed E-state index contributed by atoms with van der Waals surface area (Å²) in [4.78, 5) is 11.9. The van der Waals surface area contributed by atoms with E-state index in [1.165, 1.54) is 32.1 Å². The Balaban J connectivity index is 0.00000324. The fourth-order valence-corrected chi connectivity index (χ4v) is 2.97. The van der Waals surface area contributed by atoms with Gasteiger partial charge in [0.25, 0.3) is 0 Å². The highest BCUT2D eigenvalue weighted by Gasteiger charge is 2.26. The van der Waals surface area contributed by atoms with E-state index >= 15 is 0 Å². The van der Waals surface area contributed by atoms with Crippen LogP contribution in [-0.4, -0.2) is 18.0 Å². The summed E-state index contributed by atoms with van der Waals surface area (Å²) in [5, 5.41) is 3.10. The molecular weight excluding hydrogens is 260 g/mol. The van der Waals surface area contributed by atoms with Crippen LogP contribution in [0.5, 0.6) is 0 Å². The second kappa shape index (κ2) is 9.60. The lowest BCUT2D eigenvalue weighted by molar-refractivity contribution is -0.123. The average Bonchev–Trinajstić information content (AvgIpc) is 2.39. The van der Waals surface area contributed by atoms with Crippen LogP contribution in [0, 0.1) is 11.8 Å². The number of hydrogen-bond acceptors (Lipinski definition) is 2. The van der Waals surface area contributed by atoms with Gasteiger partial charge in [-0.3, -0.25) is 4.79 Å². The Morgan fingerprint density at radius 3 is 2.37 bits per heavy atom. The summed E-state index contributed by atoms with van der Waals surface area (Å²) >= 11 is 0. The molecular formula is C15H31ClN2O. The highest BCUT2D eigenvalue weighted by Crippen LogP contribution is 2.31. The Morgan fingerprint density at radius 1 is 1.26 bits per heavy atom. The maximum absolute atomic E-state index is 11.9. The van der Waals surface area contributed by atoms with E-state index in [-0.39, 0.29) is 30.4 Å². The van der Waals surface area contributed by atoms with Crippen LogP contribution in [0.2, 0.25) is 0 Å². The monoisotopic (exact) mass is 290 g/mol. The van der Waals surface area contributed by atoms with Crippen molar-refractivity contribution < 1.29 is 4.79 Å². The van der Waals surface area contributed by atoms with Gasteiger partial charge in [-0.1, -0.05) is 52.4 Å². The number of rotatable bonds is 6. The van der Waals surface area contributed by atoms with E-state index in [2.05, 4.69) is 26.1 Å². The number of carbonyl (C=O) groups excluding carboxylic acids is 1. The minimum atomic E-state index is -0.337. The van der Waals surface area contributed by atoms with Crippen LogP contribution in [0.3, 0.4) is 0 Å². The number of nitrogens with two attached hydrogens (primary N) is 1. The van der Waals surface area contributed by atoms with Gasteiger partial charge in [0.2, 0.25) is 5.91 Å². The van der Waals surface area contributed by atoms with E-state index < -0.39 is 0 Å². The molecule has 0 heterocycles. The fraction of sp³-hybridized carbons (Fsp3) is 0.933. The number of halogens is 1. The molecule has 0 bridgehead atoms. The van der Waals surface area contributed by atoms with Crippen LogP contribution in [0.25, 0.3) is 0 Å². The highest BCUT2D eigenvalue weighted by atomic mass is 35.5. The summed E-state index contributed by atoms with van der Waals surface area (Å²) in [6.45, 7) is 6.45. The molecule has 1 aliphatic rings. The molecule has 1 saturated carbocycles. The molecule has 3 unspecified atom stereocenters. The van der Waals surface area contributed by atoms with Gasteiger partial charge in [0.05, 0.1) is 6.04 Å². The SMILES string of the molecule is CCCC(N)C(=O)NC(C)C(C)C1CCCCC1.Cl. The molecule has 0 radical (unpaired) electrons. The lowest BCUT2D eigenvalue weighted by atomic mass is 9.78. The Hall–Kier alpha value is -0.280. The van der Waals surface area contributed by atoms with Gasteiger partial charge in [0, 0.05) is 6.04 Å². The fourth-order valence-electron chi connectivity index (χ4n) is 2.97. The molecule has 1 rings (SSSR count). The van der Waals surface area contributed by atoms with E-state index in [9.17, 15) is 4.79 Å². The molecule has 1 aliphatic carbocycles. The van der Waals surface area contributed by atoms with Crippen molar-refractivity contribution in [1.29, 1.82) is 0 Å². The number of nitrogens with one attached hydrogen (secondary N) is 1. The summed E-state index contributed by atoms with van der Waals surface area (Å²) in [5.41, 5.74) is 5.84. The first-order valence-electron chi connectivity index (χ1n) is 7.62. The number of hydrogen-bond donors (Lipinski definition) is 2. The summed E-state index contributed by atoms with van der Waals surface area (Å²) < 4.78 is 0. The second-order valence-corrected chi connectivity index (χ2v) is 5.95. The van der Waals surface area contributed by atoms with Crippen LogP contribution < -0.4 is 11.1 Å². The molecule has 3 nitrogen and oxygen atoms in total. The Labute approximate surface area is 124 Å². The molecule has 4 heteroatoms. The Bertz CT molecular complexity index is 255. The maximum atomic E-state index is 11.9. The quantitative estimate of drug-likeness (QED) is 0.789. The highest BCUT2D eigenvalue weighted by molar-refractivity contribution is 5.85. The van der Waals surface area contributed by atoms with Crippen LogP contribution in [0.15, 0.2) is 0 Å². The van der Waals surface area contributed by atoms with E-state index in [0.29, 0.717) is 5.92 Å². The first-order valence-corrected chi connectivity index (χ1v) is 7.62. The van der Waals surface area contributed by atoms with Crippen molar-refractivity contribution in [2.45, 2.75) is 77.8 Å². The minimum absolute atomic E-state index is 0. The van der Waals surface area contributed by atoms with Crippen LogP contribution >= 0.6 is 12.4 Å². The summed E-state index contributed by atoms with van der Waals surface area (Å²) in [6, 6.07) is -0.0977. The molecule has 3 atom stereocenters. The van der Waals surface area contributed by atoms with E-state index in [1.54, 1.807) is 0 Å². The van der Waals surface area contributed by atoms with E-state index in [4.69, 9.17) is 5.73 Å². The molecule has 114 valence electrons. The first-order chi connectivity index (χ1) is 8.56. The third kappa shape index (κ3) is 6.13. The van der Waals surface area contributed by atoms with Crippen molar-refractivity contribution in [3.8, 4) is 0 Å². The lowest BCUT2D eigenvalue weighted by Crippen LogP contribution is -2.47. The van der Waals surface area contributed by atoms with Crippen molar-refractivity contribution >= 4 is 18.3 Å². The van der Waals surface area contributed by atoms with Crippen LogP contribution in [-0.2, 0) is 4.79 Å². The second-order valence-electron chi connectivity index (χ2n) is 5.95. The molecule has 1 fully saturated rings. The van der Waals surface area contributed by atoms with Gasteiger partial charge in [-0.05, 0) is 25.2 Å². The molecule has 1 amide bonds. The summed E-state index contributed by atoms with van der Waals surface area (Å²) in [6.07, 6.45) is 8.46. The largest absolute Gasteiger partial charge is 0.352 e. The topological polar surface area (TPSA) is 55.1 Å². The zero-order chi connectivity index (χ0) is 13.5. The molecule has 0 saturated heterocycles. The lowest BCUT2D eigenvalue weighted by Gasteiger charge is -2.32. The van der Waals surface area contributed by atoms with Gasteiger partial charge in [-0.2, -0.15) is 0 Å². The van der Waals surface area contributed by atoms with Gasteiger partial charge in [0.1, 0.15) is 0 Å². The van der Waals surface area contributed by atoms with E-state index in [1.807, 2.05) is 0 Å². The maximum Gasteiger partial charge on any atom is 0.237 e. The zero-order valence-electron chi connectivity index (χ0n) is 12.7. The predicted octanol–water partition coefficient (Wildman–Crippen LogP) is 3.26. The van der Waals surface area contributed by atoms with Gasteiger partial charge >= 0.3 is 0 Å². The molecule has 0 aromatic carbocycles. The normalized spacial score (nSPS) is 21.1. The molecule has 0 spiro atoms. The average molecular weight is 291 g/mol. The predicted molar refractivity (Wildman–Crippen MR) is 83.5 cm³/mol. The molecule has 0 aromatic rings. The van der Waals surface area contributed by atoms with Crippen molar-refractivity contribution in [1.82, 2.24) is 5.32 Å². The third-order valence-corrected chi connectivity index (χ3v) is 4.49. The standard InChI is InChI=1S/C15H30N2O.ClH/c1-4-8-14(16)15(18)17-12(3)11(2)13-9-6-5-7-10-13;/h11-14H,4-10,16H2,1-3H3,(H,17,18);1H. The van der Waals surface area contributed by atoms with Crippen molar-refractivity contribution in [3.63, 3.8) is 0 Å². The zero-order valence-corrected chi connectivity index (χ0v) is 13.5. The van der Waals surface area contributed by atoms with Gasteiger partial charge in [-0.15, -0.1) is 12.4 Å². The summed E-state index contributed by atoms with van der Waals surface area (Å²) in [7, 11) is 0. The molecule has 0 aromatic heterocycles. The van der Waals surface area contributed by atoms with Crippen molar-refractivity contribution in [3.05, 3.63) is 0 Å². The summed E-state index contributed by atoms with van der Waals surface area (Å²) in [5.74, 6) is 1.35. The van der Waals surface area contributed by atoms with Crippen molar-refractivity contribution in [2.75, 3.05) is 0 Å². The van der Waals surface area contributed by atoms with Crippen LogP contribution in [0.4, 0.5) is 0 Å². The molecule has 19 heavy (non-hydrogen) atoms. The van der Waals surface area contributed by atoms with Gasteiger partial charge < -0.3 is 11.1 Å². The Kier molecular flexibility index (Phi) is 9.46. The van der Waals surface area contributed by atoms with Crippen molar-refractivity contribution in [2.24, 2.45) is 17.6 Å². The molecule has 3 N–H and O–H groups in total. The first kappa shape index (κ1) is 18.7.